The second-order valence-electron chi connectivity index (χ2n) is 5.18. The Balaban J connectivity index is 2.28. The predicted octanol–water partition coefficient (Wildman–Crippen LogP) is 3.13. The number of anilines is 3. The number of carbonyl (C=O) groups is 1. The molecule has 112 valence electrons. The van der Waals surface area contributed by atoms with Crippen LogP contribution in [0.3, 0.4) is 0 Å². The largest absolute Gasteiger partial charge is 0.382 e. The van der Waals surface area contributed by atoms with Gasteiger partial charge < -0.3 is 16.0 Å². The van der Waals surface area contributed by atoms with Crippen molar-refractivity contribution in [2.75, 3.05) is 23.0 Å². The third kappa shape index (κ3) is 3.33. The van der Waals surface area contributed by atoms with E-state index < -0.39 is 0 Å². The molecule has 0 fully saturated rings. The summed E-state index contributed by atoms with van der Waals surface area (Å²) in [5, 5.41) is 3.84. The first-order chi connectivity index (χ1) is 9.90. The van der Waals surface area contributed by atoms with Gasteiger partial charge in [-0.25, -0.2) is 4.98 Å². The van der Waals surface area contributed by atoms with Crippen molar-refractivity contribution in [3.8, 4) is 0 Å². The summed E-state index contributed by atoms with van der Waals surface area (Å²) in [4.78, 5) is 18.9. The third-order valence-electron chi connectivity index (χ3n) is 3.04. The molecule has 2 aromatic rings. The van der Waals surface area contributed by atoms with Gasteiger partial charge in [0.2, 0.25) is 0 Å². The minimum atomic E-state index is -0.142. The number of aromatic nitrogens is 1. The number of rotatable bonds is 4. The fraction of sp³-hybridized carbons (Fsp3) is 0.333. The number of amides is 1. The monoisotopic (exact) mass is 304 g/mol. The lowest BCUT2D eigenvalue weighted by Crippen LogP contribution is -2.26. The molecular weight excluding hydrogens is 284 g/mol. The van der Waals surface area contributed by atoms with Crippen molar-refractivity contribution in [3.63, 3.8) is 0 Å². The molecule has 0 unspecified atom stereocenters. The molecule has 1 aromatic heterocycles. The molecule has 0 aliphatic carbocycles. The summed E-state index contributed by atoms with van der Waals surface area (Å²) in [6, 6.07) is 7.99. The quantitative estimate of drug-likeness (QED) is 0.910. The highest BCUT2D eigenvalue weighted by Crippen LogP contribution is 2.29. The molecule has 0 saturated heterocycles. The van der Waals surface area contributed by atoms with Gasteiger partial charge in [0.25, 0.3) is 5.91 Å². The molecule has 1 amide bonds. The summed E-state index contributed by atoms with van der Waals surface area (Å²) in [7, 11) is 1.75. The van der Waals surface area contributed by atoms with Crippen LogP contribution in [0, 0.1) is 6.92 Å². The molecule has 21 heavy (non-hydrogen) atoms. The topological polar surface area (TPSA) is 71.2 Å². The molecular formula is C15H20N4OS. The molecule has 1 aromatic carbocycles. The van der Waals surface area contributed by atoms with E-state index in [9.17, 15) is 4.79 Å². The first-order valence-corrected chi connectivity index (χ1v) is 7.58. The zero-order valence-corrected chi connectivity index (χ0v) is 13.5. The molecule has 2 rings (SSSR count). The Morgan fingerprint density at radius 2 is 2.05 bits per heavy atom. The summed E-state index contributed by atoms with van der Waals surface area (Å²) in [5.41, 5.74) is 7.79. The Labute approximate surface area is 128 Å². The van der Waals surface area contributed by atoms with Gasteiger partial charge in [-0.05, 0) is 32.4 Å². The number of carbonyl (C=O) groups excluding carboxylic acids is 1. The van der Waals surface area contributed by atoms with Crippen LogP contribution in [0.25, 0.3) is 0 Å². The van der Waals surface area contributed by atoms with Crippen LogP contribution in [-0.2, 0) is 0 Å². The maximum Gasteiger partial charge on any atom is 0.272 e. The molecule has 0 aliphatic rings. The number of nitrogen functional groups attached to an aromatic ring is 1. The summed E-state index contributed by atoms with van der Waals surface area (Å²) < 4.78 is 0. The van der Waals surface area contributed by atoms with E-state index in [1.807, 2.05) is 45.0 Å². The van der Waals surface area contributed by atoms with Gasteiger partial charge in [0.05, 0.1) is 0 Å². The number of para-hydroxylation sites is 1. The number of nitrogens with zero attached hydrogens (tertiary/aromatic N) is 2. The Bertz CT molecular complexity index is 651. The molecule has 0 spiro atoms. The van der Waals surface area contributed by atoms with E-state index in [4.69, 9.17) is 5.73 Å². The van der Waals surface area contributed by atoms with E-state index in [2.05, 4.69) is 10.3 Å². The lowest BCUT2D eigenvalue weighted by molar-refractivity contribution is 0.0997. The highest BCUT2D eigenvalue weighted by atomic mass is 32.1. The van der Waals surface area contributed by atoms with Crippen molar-refractivity contribution in [1.29, 1.82) is 0 Å². The second-order valence-corrected chi connectivity index (χ2v) is 6.18. The molecule has 3 N–H and O–H groups in total. The summed E-state index contributed by atoms with van der Waals surface area (Å²) in [6.45, 7) is 6.00. The van der Waals surface area contributed by atoms with E-state index in [1.54, 1.807) is 11.9 Å². The van der Waals surface area contributed by atoms with E-state index in [0.717, 1.165) is 11.3 Å². The lowest BCUT2D eigenvalue weighted by atomic mass is 10.2. The number of nitrogens with one attached hydrogen (secondary N) is 1. The van der Waals surface area contributed by atoms with Gasteiger partial charge in [0.15, 0.2) is 5.13 Å². The van der Waals surface area contributed by atoms with Crippen LogP contribution in [0.4, 0.5) is 16.6 Å². The molecule has 0 radical (unpaired) electrons. The molecule has 0 aliphatic heterocycles. The first kappa shape index (κ1) is 15.3. The van der Waals surface area contributed by atoms with Crippen LogP contribution in [-0.4, -0.2) is 24.0 Å². The van der Waals surface area contributed by atoms with E-state index >= 15 is 0 Å². The fourth-order valence-corrected chi connectivity index (χ4v) is 3.00. The van der Waals surface area contributed by atoms with E-state index in [1.165, 1.54) is 11.3 Å². The average Bonchev–Trinajstić information content (AvgIpc) is 2.77. The smallest absolute Gasteiger partial charge is 0.272 e. The van der Waals surface area contributed by atoms with Crippen molar-refractivity contribution < 1.29 is 4.79 Å². The molecule has 1 heterocycles. The minimum absolute atomic E-state index is 0.142. The lowest BCUT2D eigenvalue weighted by Gasteiger charge is -2.18. The third-order valence-corrected chi connectivity index (χ3v) is 4.03. The van der Waals surface area contributed by atoms with Gasteiger partial charge in [0.1, 0.15) is 10.7 Å². The van der Waals surface area contributed by atoms with Crippen molar-refractivity contribution in [2.45, 2.75) is 26.8 Å². The van der Waals surface area contributed by atoms with Crippen LogP contribution in [0.2, 0.25) is 0 Å². The molecule has 0 atom stereocenters. The Kier molecular flexibility index (Phi) is 4.47. The van der Waals surface area contributed by atoms with Crippen molar-refractivity contribution in [3.05, 3.63) is 34.7 Å². The highest BCUT2D eigenvalue weighted by molar-refractivity contribution is 7.18. The molecule has 0 saturated carbocycles. The molecule has 6 heteroatoms. The Hall–Kier alpha value is -2.08. The van der Waals surface area contributed by atoms with Gasteiger partial charge in [-0.3, -0.25) is 4.79 Å². The fourth-order valence-electron chi connectivity index (χ4n) is 2.00. The van der Waals surface area contributed by atoms with Crippen LogP contribution in [0.5, 0.6) is 0 Å². The number of nitrogens with two attached hydrogens (primary N) is 1. The van der Waals surface area contributed by atoms with Crippen molar-refractivity contribution in [2.24, 2.45) is 0 Å². The van der Waals surface area contributed by atoms with E-state index in [0.29, 0.717) is 10.0 Å². The summed E-state index contributed by atoms with van der Waals surface area (Å²) in [5.74, 6) is 0.129. The highest BCUT2D eigenvalue weighted by Gasteiger charge is 2.21. The maximum absolute atomic E-state index is 12.6. The zero-order chi connectivity index (χ0) is 15.6. The van der Waals surface area contributed by atoms with Crippen LogP contribution in [0.1, 0.15) is 29.1 Å². The Morgan fingerprint density at radius 3 is 2.67 bits per heavy atom. The zero-order valence-electron chi connectivity index (χ0n) is 12.7. The number of thiazole rings is 1. The van der Waals surface area contributed by atoms with Crippen molar-refractivity contribution >= 4 is 33.9 Å². The second kappa shape index (κ2) is 6.13. The molecule has 5 nitrogen and oxygen atoms in total. The van der Waals surface area contributed by atoms with Crippen molar-refractivity contribution in [1.82, 2.24) is 4.98 Å². The minimum Gasteiger partial charge on any atom is -0.382 e. The predicted molar refractivity (Wildman–Crippen MR) is 89.2 cm³/mol. The number of hydrogen-bond donors (Lipinski definition) is 2. The van der Waals surface area contributed by atoms with Gasteiger partial charge >= 0.3 is 0 Å². The van der Waals surface area contributed by atoms with Gasteiger partial charge in [0, 0.05) is 18.8 Å². The normalized spacial score (nSPS) is 10.7. The van der Waals surface area contributed by atoms with Gasteiger partial charge in [-0.1, -0.05) is 29.5 Å². The number of aryl methyl sites for hydroxylation is 1. The van der Waals surface area contributed by atoms with Crippen LogP contribution in [0.15, 0.2) is 24.3 Å². The van der Waals surface area contributed by atoms with Crippen LogP contribution >= 0.6 is 11.3 Å². The van der Waals surface area contributed by atoms with Gasteiger partial charge in [-0.15, -0.1) is 0 Å². The number of benzene rings is 1. The molecule has 0 bridgehead atoms. The Morgan fingerprint density at radius 1 is 1.38 bits per heavy atom. The average molecular weight is 304 g/mol. The summed E-state index contributed by atoms with van der Waals surface area (Å²) in [6.07, 6.45) is 0. The van der Waals surface area contributed by atoms with Gasteiger partial charge in [-0.2, -0.15) is 0 Å². The maximum atomic E-state index is 12.6. The van der Waals surface area contributed by atoms with Crippen LogP contribution < -0.4 is 16.0 Å². The SMILES string of the molecule is Cc1ccccc1N(C)C(=O)c1sc(NC(C)C)nc1N. The first-order valence-electron chi connectivity index (χ1n) is 6.76. The number of hydrogen-bond acceptors (Lipinski definition) is 5. The summed E-state index contributed by atoms with van der Waals surface area (Å²) >= 11 is 1.29. The van der Waals surface area contributed by atoms with E-state index in [-0.39, 0.29) is 17.8 Å². The standard InChI is InChI=1S/C15H20N4OS/c1-9(2)17-15-18-13(16)12(21-15)14(20)19(4)11-8-6-5-7-10(11)3/h5-9H,16H2,1-4H3,(H,17,18).